The molecule has 0 saturated carbocycles. The Morgan fingerprint density at radius 2 is 1.78 bits per heavy atom. The minimum Gasteiger partial charge on any atom is -0.367 e. The lowest BCUT2D eigenvalue weighted by atomic mass is 10.0. The van der Waals surface area contributed by atoms with Crippen LogP contribution in [0.5, 0.6) is 0 Å². The first-order valence-electron chi connectivity index (χ1n) is 10.8. The van der Waals surface area contributed by atoms with Crippen molar-refractivity contribution in [1.29, 1.82) is 0 Å². The molecular formula is C22H27ClF2N4O2S. The summed E-state index contributed by atoms with van der Waals surface area (Å²) in [5.74, 6) is -3.61. The molecule has 6 nitrogen and oxygen atoms in total. The lowest BCUT2D eigenvalue weighted by molar-refractivity contribution is -0.115. The normalized spacial score (nSPS) is 23.3. The molecule has 0 spiro atoms. The fourth-order valence-corrected chi connectivity index (χ4v) is 5.57. The quantitative estimate of drug-likeness (QED) is 0.652. The van der Waals surface area contributed by atoms with Crippen molar-refractivity contribution in [2.24, 2.45) is 0 Å². The molecule has 32 heavy (non-hydrogen) atoms. The fraction of sp³-hybridized carbons (Fsp3) is 0.545. The lowest BCUT2D eigenvalue weighted by Crippen LogP contribution is -2.53. The molecule has 1 aromatic rings. The fourth-order valence-electron chi connectivity index (χ4n) is 4.55. The van der Waals surface area contributed by atoms with Crippen LogP contribution < -0.4 is 10.2 Å². The van der Waals surface area contributed by atoms with Crippen molar-refractivity contribution < 1.29 is 18.4 Å². The summed E-state index contributed by atoms with van der Waals surface area (Å²) < 4.78 is 28.2. The maximum atomic E-state index is 14.1. The molecule has 1 N–H and O–H groups in total. The Morgan fingerprint density at radius 1 is 1.12 bits per heavy atom. The SMILES string of the molecule is CN1CCC(N2CCN(c3c(Cl)cc(C(C)(F)F)cc3/C=C3\SC(=O)NC3=O)CC2)CC1. The van der Waals surface area contributed by atoms with E-state index in [9.17, 15) is 18.4 Å². The van der Waals surface area contributed by atoms with Gasteiger partial charge in [-0.3, -0.25) is 19.8 Å². The third-order valence-electron chi connectivity index (χ3n) is 6.36. The molecule has 0 aromatic heterocycles. The Hall–Kier alpha value is -1.68. The van der Waals surface area contributed by atoms with Crippen molar-refractivity contribution >= 4 is 46.3 Å². The number of anilines is 1. The number of amides is 2. The predicted octanol–water partition coefficient (Wildman–Crippen LogP) is 3.99. The van der Waals surface area contributed by atoms with E-state index in [-0.39, 0.29) is 15.5 Å². The molecule has 3 aliphatic rings. The van der Waals surface area contributed by atoms with Crippen molar-refractivity contribution in [2.75, 3.05) is 51.2 Å². The number of thioether (sulfide) groups is 1. The molecular weight excluding hydrogens is 458 g/mol. The van der Waals surface area contributed by atoms with Crippen LogP contribution in [-0.4, -0.2) is 73.3 Å². The first-order chi connectivity index (χ1) is 15.1. The number of hydrogen-bond donors (Lipinski definition) is 1. The Morgan fingerprint density at radius 3 is 2.34 bits per heavy atom. The molecule has 3 fully saturated rings. The van der Waals surface area contributed by atoms with Gasteiger partial charge in [0.15, 0.2) is 0 Å². The predicted molar refractivity (Wildman–Crippen MR) is 124 cm³/mol. The monoisotopic (exact) mass is 484 g/mol. The molecule has 1 aromatic carbocycles. The van der Waals surface area contributed by atoms with Gasteiger partial charge in [-0.15, -0.1) is 0 Å². The second-order valence-corrected chi connectivity index (χ2v) is 10.1. The highest BCUT2D eigenvalue weighted by atomic mass is 35.5. The van der Waals surface area contributed by atoms with Crippen LogP contribution in [0.3, 0.4) is 0 Å². The summed E-state index contributed by atoms with van der Waals surface area (Å²) in [5, 5.41) is 1.95. The lowest BCUT2D eigenvalue weighted by Gasteiger charge is -2.43. The van der Waals surface area contributed by atoms with E-state index in [1.807, 2.05) is 0 Å². The van der Waals surface area contributed by atoms with Crippen LogP contribution >= 0.6 is 23.4 Å². The Bertz CT molecular complexity index is 937. The van der Waals surface area contributed by atoms with E-state index in [0.717, 1.165) is 57.7 Å². The maximum Gasteiger partial charge on any atom is 0.290 e. The molecule has 0 atom stereocenters. The minimum atomic E-state index is -3.08. The Labute approximate surface area is 195 Å². The van der Waals surface area contributed by atoms with Crippen LogP contribution in [0.25, 0.3) is 6.08 Å². The molecule has 10 heteroatoms. The summed E-state index contributed by atoms with van der Waals surface area (Å²) in [6.07, 6.45) is 3.79. The zero-order chi connectivity index (χ0) is 23.0. The first kappa shape index (κ1) is 23.5. The average molecular weight is 485 g/mol. The number of piperazine rings is 1. The zero-order valence-corrected chi connectivity index (χ0v) is 19.7. The molecule has 0 radical (unpaired) electrons. The van der Waals surface area contributed by atoms with Crippen LogP contribution in [0.4, 0.5) is 19.3 Å². The smallest absolute Gasteiger partial charge is 0.290 e. The minimum absolute atomic E-state index is 0.175. The van der Waals surface area contributed by atoms with E-state index in [1.165, 1.54) is 18.2 Å². The number of hydrogen-bond acceptors (Lipinski definition) is 6. The molecule has 3 saturated heterocycles. The summed E-state index contributed by atoms with van der Waals surface area (Å²) >= 11 is 7.29. The number of nitrogens with one attached hydrogen (secondary N) is 1. The van der Waals surface area contributed by atoms with Gasteiger partial charge in [-0.05, 0) is 62.9 Å². The van der Waals surface area contributed by atoms with Crippen LogP contribution in [0.1, 0.15) is 30.9 Å². The zero-order valence-electron chi connectivity index (χ0n) is 18.2. The summed E-state index contributed by atoms with van der Waals surface area (Å²) in [7, 11) is 2.14. The number of likely N-dealkylation sites (tertiary alicyclic amines) is 1. The van der Waals surface area contributed by atoms with Crippen molar-refractivity contribution in [3.63, 3.8) is 0 Å². The number of piperidine rings is 1. The number of carbonyl (C=O) groups excluding carboxylic acids is 2. The first-order valence-corrected chi connectivity index (χ1v) is 12.0. The molecule has 2 amide bonds. The van der Waals surface area contributed by atoms with Gasteiger partial charge in [0.05, 0.1) is 15.6 Å². The molecule has 3 heterocycles. The summed E-state index contributed by atoms with van der Waals surface area (Å²) in [6.45, 7) is 6.15. The molecule has 4 rings (SSSR count). The van der Waals surface area contributed by atoms with Gasteiger partial charge in [-0.25, -0.2) is 8.78 Å². The third kappa shape index (κ3) is 5.11. The molecule has 174 valence electrons. The highest BCUT2D eigenvalue weighted by Crippen LogP contribution is 2.40. The number of halogens is 3. The van der Waals surface area contributed by atoms with Gasteiger partial charge in [0.25, 0.3) is 17.1 Å². The maximum absolute atomic E-state index is 14.1. The molecule has 3 aliphatic heterocycles. The highest BCUT2D eigenvalue weighted by molar-refractivity contribution is 8.18. The van der Waals surface area contributed by atoms with Crippen molar-refractivity contribution in [2.45, 2.75) is 31.7 Å². The summed E-state index contributed by atoms with van der Waals surface area (Å²) in [5.41, 5.74) is 0.829. The Balaban J connectivity index is 1.60. The summed E-state index contributed by atoms with van der Waals surface area (Å²) in [4.78, 5) is 30.7. The number of nitrogens with zero attached hydrogens (tertiary/aromatic N) is 3. The summed E-state index contributed by atoms with van der Waals surface area (Å²) in [6, 6.07) is 3.24. The van der Waals surface area contributed by atoms with Gasteiger partial charge < -0.3 is 9.80 Å². The van der Waals surface area contributed by atoms with Crippen LogP contribution in [0, 0.1) is 0 Å². The standard InChI is InChI=1S/C22H27ClF2N4O2S/c1-22(24,25)15-11-14(12-18-20(30)26-21(31)32-18)19(17(23)13-15)29-9-7-28(8-10-29)16-3-5-27(2)6-4-16/h11-13,16H,3-10H2,1-2H3,(H,26,30,31)/b18-12-. The van der Waals surface area contributed by atoms with E-state index < -0.39 is 17.1 Å². The van der Waals surface area contributed by atoms with E-state index in [0.29, 0.717) is 30.4 Å². The van der Waals surface area contributed by atoms with Gasteiger partial charge in [-0.2, -0.15) is 0 Å². The van der Waals surface area contributed by atoms with E-state index in [1.54, 1.807) is 0 Å². The average Bonchev–Trinajstić information content (AvgIpc) is 3.04. The van der Waals surface area contributed by atoms with Crippen LogP contribution in [0.2, 0.25) is 5.02 Å². The molecule has 0 aliphatic carbocycles. The van der Waals surface area contributed by atoms with Gasteiger partial charge >= 0.3 is 0 Å². The van der Waals surface area contributed by atoms with E-state index in [4.69, 9.17) is 11.6 Å². The van der Waals surface area contributed by atoms with Crippen LogP contribution in [-0.2, 0) is 10.7 Å². The second-order valence-electron chi connectivity index (χ2n) is 8.69. The number of benzene rings is 1. The van der Waals surface area contributed by atoms with Crippen molar-refractivity contribution in [3.8, 4) is 0 Å². The van der Waals surface area contributed by atoms with Crippen molar-refractivity contribution in [1.82, 2.24) is 15.1 Å². The van der Waals surface area contributed by atoms with Crippen LogP contribution in [0.15, 0.2) is 17.0 Å². The second kappa shape index (κ2) is 9.29. The number of alkyl halides is 2. The Kier molecular flexibility index (Phi) is 6.81. The molecule has 0 unspecified atom stereocenters. The number of imide groups is 1. The van der Waals surface area contributed by atoms with Gasteiger partial charge in [0.2, 0.25) is 0 Å². The van der Waals surface area contributed by atoms with E-state index in [2.05, 4.69) is 27.1 Å². The van der Waals surface area contributed by atoms with Gasteiger partial charge in [0, 0.05) is 50.3 Å². The van der Waals surface area contributed by atoms with Gasteiger partial charge in [0.1, 0.15) is 0 Å². The highest BCUT2D eigenvalue weighted by Gasteiger charge is 2.32. The topological polar surface area (TPSA) is 55.9 Å². The number of rotatable bonds is 4. The largest absolute Gasteiger partial charge is 0.367 e. The molecule has 0 bridgehead atoms. The number of carbonyl (C=O) groups is 2. The van der Waals surface area contributed by atoms with Crippen molar-refractivity contribution in [3.05, 3.63) is 33.2 Å². The van der Waals surface area contributed by atoms with E-state index >= 15 is 0 Å². The third-order valence-corrected chi connectivity index (χ3v) is 7.46. The van der Waals surface area contributed by atoms with Gasteiger partial charge in [-0.1, -0.05) is 11.6 Å².